The Labute approximate surface area is 105 Å². The SMILES string of the molecule is COc1ccc(CNC(C)C(C)(C)C)cc1C. The van der Waals surface area contributed by atoms with Crippen LogP contribution in [-0.2, 0) is 6.54 Å². The Kier molecular flexibility index (Phi) is 4.58. The molecule has 1 aromatic carbocycles. The lowest BCUT2D eigenvalue weighted by molar-refractivity contribution is 0.285. The maximum atomic E-state index is 5.26. The molecule has 96 valence electrons. The van der Waals surface area contributed by atoms with Gasteiger partial charge in [0, 0.05) is 12.6 Å². The third kappa shape index (κ3) is 4.04. The Morgan fingerprint density at radius 3 is 2.41 bits per heavy atom. The number of hydrogen-bond acceptors (Lipinski definition) is 2. The first-order valence-electron chi connectivity index (χ1n) is 6.21. The van der Waals surface area contributed by atoms with Gasteiger partial charge in [0.1, 0.15) is 5.75 Å². The van der Waals surface area contributed by atoms with E-state index in [-0.39, 0.29) is 0 Å². The summed E-state index contributed by atoms with van der Waals surface area (Å²) in [7, 11) is 1.71. The van der Waals surface area contributed by atoms with E-state index in [4.69, 9.17) is 4.74 Å². The summed E-state index contributed by atoms with van der Waals surface area (Å²) < 4.78 is 5.26. The molecular formula is C15H25NO. The van der Waals surface area contributed by atoms with Crippen molar-refractivity contribution in [3.63, 3.8) is 0 Å². The van der Waals surface area contributed by atoms with Crippen molar-refractivity contribution in [2.75, 3.05) is 7.11 Å². The predicted octanol–water partition coefficient (Wildman–Crippen LogP) is 3.53. The van der Waals surface area contributed by atoms with E-state index in [1.165, 1.54) is 11.1 Å². The van der Waals surface area contributed by atoms with Crippen LogP contribution in [0.15, 0.2) is 18.2 Å². The minimum atomic E-state index is 0.293. The van der Waals surface area contributed by atoms with Crippen LogP contribution in [0.25, 0.3) is 0 Å². The molecule has 0 aliphatic rings. The maximum Gasteiger partial charge on any atom is 0.121 e. The highest BCUT2D eigenvalue weighted by Gasteiger charge is 2.18. The lowest BCUT2D eigenvalue weighted by Crippen LogP contribution is -2.37. The minimum absolute atomic E-state index is 0.293. The van der Waals surface area contributed by atoms with Gasteiger partial charge in [-0.2, -0.15) is 0 Å². The second kappa shape index (κ2) is 5.54. The van der Waals surface area contributed by atoms with Gasteiger partial charge in [-0.25, -0.2) is 0 Å². The van der Waals surface area contributed by atoms with E-state index in [1.54, 1.807) is 7.11 Å². The smallest absolute Gasteiger partial charge is 0.121 e. The van der Waals surface area contributed by atoms with Crippen molar-refractivity contribution < 1.29 is 4.74 Å². The summed E-state index contributed by atoms with van der Waals surface area (Å²) in [5, 5.41) is 3.56. The first-order valence-corrected chi connectivity index (χ1v) is 6.21. The molecule has 1 N–H and O–H groups in total. The van der Waals surface area contributed by atoms with Crippen LogP contribution in [0, 0.1) is 12.3 Å². The molecule has 2 heteroatoms. The highest BCUT2D eigenvalue weighted by Crippen LogP contribution is 2.21. The Morgan fingerprint density at radius 2 is 1.94 bits per heavy atom. The monoisotopic (exact) mass is 235 g/mol. The van der Waals surface area contributed by atoms with Crippen LogP contribution in [0.2, 0.25) is 0 Å². The van der Waals surface area contributed by atoms with E-state index in [9.17, 15) is 0 Å². The molecule has 0 amide bonds. The van der Waals surface area contributed by atoms with Crippen molar-refractivity contribution in [2.45, 2.75) is 47.2 Å². The van der Waals surface area contributed by atoms with Gasteiger partial charge >= 0.3 is 0 Å². The largest absolute Gasteiger partial charge is 0.496 e. The van der Waals surface area contributed by atoms with Gasteiger partial charge in [-0.05, 0) is 36.5 Å². The highest BCUT2D eigenvalue weighted by atomic mass is 16.5. The number of hydrogen-bond donors (Lipinski definition) is 1. The van der Waals surface area contributed by atoms with E-state index in [1.807, 2.05) is 6.07 Å². The number of rotatable bonds is 4. The molecule has 0 spiro atoms. The molecule has 0 saturated heterocycles. The number of ether oxygens (including phenoxy) is 1. The van der Waals surface area contributed by atoms with Crippen molar-refractivity contribution in [3.8, 4) is 5.75 Å². The van der Waals surface area contributed by atoms with Crippen LogP contribution in [0.3, 0.4) is 0 Å². The summed E-state index contributed by atoms with van der Waals surface area (Å²) in [5.41, 5.74) is 2.79. The maximum absolute atomic E-state index is 5.26. The van der Waals surface area contributed by atoms with Gasteiger partial charge in [-0.1, -0.05) is 32.9 Å². The van der Waals surface area contributed by atoms with Crippen molar-refractivity contribution in [2.24, 2.45) is 5.41 Å². The highest BCUT2D eigenvalue weighted by molar-refractivity contribution is 5.36. The molecule has 1 rings (SSSR count). The van der Waals surface area contributed by atoms with Crippen LogP contribution in [0.5, 0.6) is 5.75 Å². The number of nitrogens with one attached hydrogen (secondary N) is 1. The second-order valence-corrected chi connectivity index (χ2v) is 5.77. The van der Waals surface area contributed by atoms with Crippen molar-refractivity contribution in [1.29, 1.82) is 0 Å². The fourth-order valence-electron chi connectivity index (χ4n) is 1.63. The molecule has 0 heterocycles. The Hall–Kier alpha value is -1.02. The fraction of sp³-hybridized carbons (Fsp3) is 0.600. The molecule has 0 saturated carbocycles. The summed E-state index contributed by atoms with van der Waals surface area (Å²) in [6.45, 7) is 12.0. The molecule has 1 aromatic rings. The lowest BCUT2D eigenvalue weighted by Gasteiger charge is -2.28. The van der Waals surface area contributed by atoms with Crippen molar-refractivity contribution in [3.05, 3.63) is 29.3 Å². The summed E-state index contributed by atoms with van der Waals surface area (Å²) in [6, 6.07) is 6.83. The van der Waals surface area contributed by atoms with Crippen molar-refractivity contribution >= 4 is 0 Å². The third-order valence-corrected chi connectivity index (χ3v) is 3.37. The second-order valence-electron chi connectivity index (χ2n) is 5.77. The molecule has 0 aliphatic heterocycles. The van der Waals surface area contributed by atoms with Gasteiger partial charge in [-0.15, -0.1) is 0 Å². The number of benzene rings is 1. The minimum Gasteiger partial charge on any atom is -0.496 e. The van der Waals surface area contributed by atoms with Crippen LogP contribution < -0.4 is 10.1 Å². The molecule has 1 atom stereocenters. The van der Waals surface area contributed by atoms with Gasteiger partial charge in [0.15, 0.2) is 0 Å². The average Bonchev–Trinajstić information content (AvgIpc) is 2.24. The molecule has 17 heavy (non-hydrogen) atoms. The van der Waals surface area contributed by atoms with Gasteiger partial charge in [-0.3, -0.25) is 0 Å². The number of aryl methyl sites for hydroxylation is 1. The van der Waals surface area contributed by atoms with E-state index in [0.717, 1.165) is 12.3 Å². The van der Waals surface area contributed by atoms with E-state index in [2.05, 4.69) is 52.1 Å². The zero-order valence-electron chi connectivity index (χ0n) is 11.9. The van der Waals surface area contributed by atoms with Crippen LogP contribution in [0.4, 0.5) is 0 Å². The molecule has 0 aromatic heterocycles. The van der Waals surface area contributed by atoms with Gasteiger partial charge < -0.3 is 10.1 Å². The first kappa shape index (κ1) is 14.0. The molecule has 2 nitrogen and oxygen atoms in total. The normalized spacial score (nSPS) is 13.5. The average molecular weight is 235 g/mol. The molecule has 0 bridgehead atoms. The molecule has 0 fully saturated rings. The van der Waals surface area contributed by atoms with E-state index < -0.39 is 0 Å². The molecule has 0 radical (unpaired) electrons. The predicted molar refractivity (Wildman–Crippen MR) is 73.5 cm³/mol. The van der Waals surface area contributed by atoms with Gasteiger partial charge in [0.2, 0.25) is 0 Å². The Bertz CT molecular complexity index is 366. The summed E-state index contributed by atoms with van der Waals surface area (Å²) in [5.74, 6) is 0.956. The first-order chi connectivity index (χ1) is 7.84. The van der Waals surface area contributed by atoms with Crippen molar-refractivity contribution in [1.82, 2.24) is 5.32 Å². The number of methoxy groups -OCH3 is 1. The standard InChI is InChI=1S/C15H25NO/c1-11-9-13(7-8-14(11)17-6)10-16-12(2)15(3,4)5/h7-9,12,16H,10H2,1-6H3. The molecule has 1 unspecified atom stereocenters. The lowest BCUT2D eigenvalue weighted by atomic mass is 9.88. The van der Waals surface area contributed by atoms with E-state index >= 15 is 0 Å². The quantitative estimate of drug-likeness (QED) is 0.862. The Balaban J connectivity index is 2.61. The summed E-state index contributed by atoms with van der Waals surface area (Å²) in [6.07, 6.45) is 0. The Morgan fingerprint density at radius 1 is 1.29 bits per heavy atom. The van der Waals surface area contributed by atoms with Crippen LogP contribution in [0.1, 0.15) is 38.8 Å². The zero-order valence-corrected chi connectivity index (χ0v) is 11.9. The molecule has 0 aliphatic carbocycles. The van der Waals surface area contributed by atoms with E-state index in [0.29, 0.717) is 11.5 Å². The fourth-order valence-corrected chi connectivity index (χ4v) is 1.63. The van der Waals surface area contributed by atoms with Crippen LogP contribution >= 0.6 is 0 Å². The van der Waals surface area contributed by atoms with Crippen LogP contribution in [-0.4, -0.2) is 13.2 Å². The van der Waals surface area contributed by atoms with Gasteiger partial charge in [0.25, 0.3) is 0 Å². The zero-order chi connectivity index (χ0) is 13.1. The topological polar surface area (TPSA) is 21.3 Å². The summed E-state index contributed by atoms with van der Waals surface area (Å²) in [4.78, 5) is 0. The third-order valence-electron chi connectivity index (χ3n) is 3.37. The summed E-state index contributed by atoms with van der Waals surface area (Å²) >= 11 is 0. The molecular weight excluding hydrogens is 210 g/mol. The van der Waals surface area contributed by atoms with Gasteiger partial charge in [0.05, 0.1) is 7.11 Å².